The third-order valence-corrected chi connectivity index (χ3v) is 2.70. The molecule has 6 heteroatoms. The Labute approximate surface area is 78.5 Å². The molecule has 13 heavy (non-hydrogen) atoms. The Morgan fingerprint density at radius 3 is 2.85 bits per heavy atom. The molecule has 1 aromatic heterocycles. The molecule has 2 rings (SSSR count). The van der Waals surface area contributed by atoms with Crippen LogP contribution in [0.1, 0.15) is 0 Å². The van der Waals surface area contributed by atoms with Crippen LogP contribution in [0, 0.1) is 10.1 Å². The maximum atomic E-state index is 10.3. The summed E-state index contributed by atoms with van der Waals surface area (Å²) in [4.78, 5) is 9.93. The molecule has 0 bridgehead atoms. The summed E-state index contributed by atoms with van der Waals surface area (Å²) in [5.74, 6) is 0. The maximum absolute atomic E-state index is 10.3. The van der Waals surface area contributed by atoms with Crippen molar-refractivity contribution in [3.05, 3.63) is 22.2 Å². The van der Waals surface area contributed by atoms with Crippen molar-refractivity contribution in [2.45, 2.75) is 6.10 Å². The Hall–Kier alpha value is -1.14. The van der Waals surface area contributed by atoms with Crippen LogP contribution in [0.2, 0.25) is 0 Å². The molecule has 1 aliphatic rings. The first-order valence-corrected chi connectivity index (χ1v) is 4.69. The molecule has 70 valence electrons. The summed E-state index contributed by atoms with van der Waals surface area (Å²) in [5, 5.41) is 14.1. The molecular weight excluding hydrogens is 192 g/mol. The van der Waals surface area contributed by atoms with Gasteiger partial charge < -0.3 is 10.1 Å². The first-order valence-electron chi connectivity index (χ1n) is 3.87. The highest BCUT2D eigenvalue weighted by Crippen LogP contribution is 2.31. The molecule has 1 aromatic rings. The SMILES string of the molecule is O=[N+]([O-])c1ccc(OC2CNC2)s1. The van der Waals surface area contributed by atoms with Crippen LogP contribution < -0.4 is 10.1 Å². The molecule has 0 amide bonds. The van der Waals surface area contributed by atoms with Gasteiger partial charge in [0.2, 0.25) is 0 Å². The van der Waals surface area contributed by atoms with Gasteiger partial charge in [-0.05, 0) is 17.4 Å². The summed E-state index contributed by atoms with van der Waals surface area (Å²) in [6.45, 7) is 1.65. The molecule has 0 unspecified atom stereocenters. The Morgan fingerprint density at radius 1 is 1.62 bits per heavy atom. The fraction of sp³-hybridized carbons (Fsp3) is 0.429. The van der Waals surface area contributed by atoms with Crippen molar-refractivity contribution < 1.29 is 9.66 Å². The highest BCUT2D eigenvalue weighted by molar-refractivity contribution is 7.17. The first kappa shape index (κ1) is 8.46. The number of hydrogen-bond donors (Lipinski definition) is 1. The van der Waals surface area contributed by atoms with Gasteiger partial charge >= 0.3 is 5.00 Å². The van der Waals surface area contributed by atoms with E-state index in [1.807, 2.05) is 0 Å². The predicted molar refractivity (Wildman–Crippen MR) is 48.3 cm³/mol. The zero-order chi connectivity index (χ0) is 9.26. The third kappa shape index (κ3) is 1.78. The maximum Gasteiger partial charge on any atom is 0.327 e. The number of thiophene rings is 1. The fourth-order valence-corrected chi connectivity index (χ4v) is 1.72. The van der Waals surface area contributed by atoms with Gasteiger partial charge in [0.05, 0.1) is 4.92 Å². The van der Waals surface area contributed by atoms with Crippen LogP contribution in [0.25, 0.3) is 0 Å². The van der Waals surface area contributed by atoms with E-state index in [0.29, 0.717) is 5.06 Å². The standard InChI is InChI=1S/C7H8N2O3S/c10-9(11)6-1-2-7(13-6)12-5-3-8-4-5/h1-2,5,8H,3-4H2. The van der Waals surface area contributed by atoms with Gasteiger partial charge in [-0.15, -0.1) is 0 Å². The molecule has 0 spiro atoms. The molecule has 1 N–H and O–H groups in total. The van der Waals surface area contributed by atoms with E-state index in [-0.39, 0.29) is 11.1 Å². The molecule has 2 heterocycles. The Balaban J connectivity index is 2.00. The zero-order valence-electron chi connectivity index (χ0n) is 6.73. The highest BCUT2D eigenvalue weighted by atomic mass is 32.1. The summed E-state index contributed by atoms with van der Waals surface area (Å²) < 4.78 is 5.43. The minimum Gasteiger partial charge on any atom is -0.478 e. The molecule has 5 nitrogen and oxygen atoms in total. The summed E-state index contributed by atoms with van der Waals surface area (Å²) in [5.41, 5.74) is 0. The lowest BCUT2D eigenvalue weighted by Gasteiger charge is -2.26. The average Bonchev–Trinajstić information content (AvgIpc) is 2.44. The lowest BCUT2D eigenvalue weighted by molar-refractivity contribution is -0.380. The first-order chi connectivity index (χ1) is 6.25. The fourth-order valence-electron chi connectivity index (χ4n) is 0.982. The van der Waals surface area contributed by atoms with Crippen molar-refractivity contribution >= 4 is 16.3 Å². The van der Waals surface area contributed by atoms with E-state index in [0.717, 1.165) is 24.4 Å². The van der Waals surface area contributed by atoms with Crippen LogP contribution in [0.4, 0.5) is 5.00 Å². The quantitative estimate of drug-likeness (QED) is 0.584. The van der Waals surface area contributed by atoms with Crippen molar-refractivity contribution in [1.29, 1.82) is 0 Å². The molecule has 1 saturated heterocycles. The van der Waals surface area contributed by atoms with Crippen LogP contribution in [-0.2, 0) is 0 Å². The van der Waals surface area contributed by atoms with Gasteiger partial charge in [0.25, 0.3) is 0 Å². The minimum atomic E-state index is -0.406. The van der Waals surface area contributed by atoms with E-state index >= 15 is 0 Å². The number of nitro groups is 1. The van der Waals surface area contributed by atoms with E-state index in [1.54, 1.807) is 6.07 Å². The van der Waals surface area contributed by atoms with Crippen LogP contribution in [0.15, 0.2) is 12.1 Å². The lowest BCUT2D eigenvalue weighted by atomic mass is 10.2. The van der Waals surface area contributed by atoms with E-state index in [4.69, 9.17) is 4.74 Å². The second kappa shape index (κ2) is 3.31. The number of ether oxygens (including phenoxy) is 1. The van der Waals surface area contributed by atoms with E-state index in [9.17, 15) is 10.1 Å². The van der Waals surface area contributed by atoms with Crippen LogP contribution in [0.3, 0.4) is 0 Å². The molecule has 1 fully saturated rings. The van der Waals surface area contributed by atoms with E-state index in [2.05, 4.69) is 5.32 Å². The average molecular weight is 200 g/mol. The van der Waals surface area contributed by atoms with Crippen molar-refractivity contribution in [2.75, 3.05) is 13.1 Å². The molecule has 0 saturated carbocycles. The van der Waals surface area contributed by atoms with Crippen molar-refractivity contribution in [1.82, 2.24) is 5.32 Å². The molecular formula is C7H8N2O3S. The summed E-state index contributed by atoms with van der Waals surface area (Å²) >= 11 is 1.07. The topological polar surface area (TPSA) is 64.4 Å². The molecule has 0 radical (unpaired) electrons. The number of hydrogen-bond acceptors (Lipinski definition) is 5. The van der Waals surface area contributed by atoms with Crippen LogP contribution >= 0.6 is 11.3 Å². The van der Waals surface area contributed by atoms with Gasteiger partial charge in [-0.25, -0.2) is 0 Å². The van der Waals surface area contributed by atoms with Gasteiger partial charge in [0.15, 0.2) is 5.06 Å². The largest absolute Gasteiger partial charge is 0.478 e. The van der Waals surface area contributed by atoms with Crippen LogP contribution in [0.5, 0.6) is 5.06 Å². The van der Waals surface area contributed by atoms with Gasteiger partial charge in [-0.2, -0.15) is 0 Å². The zero-order valence-corrected chi connectivity index (χ0v) is 7.54. The van der Waals surface area contributed by atoms with Gasteiger partial charge in [-0.1, -0.05) is 0 Å². The summed E-state index contributed by atoms with van der Waals surface area (Å²) in [6, 6.07) is 3.10. The molecule has 0 atom stereocenters. The van der Waals surface area contributed by atoms with Crippen molar-refractivity contribution in [3.8, 4) is 5.06 Å². The summed E-state index contributed by atoms with van der Waals surface area (Å²) in [6.07, 6.45) is 0.179. The van der Waals surface area contributed by atoms with Crippen molar-refractivity contribution in [2.24, 2.45) is 0 Å². The molecule has 1 aliphatic heterocycles. The number of nitrogens with one attached hydrogen (secondary N) is 1. The van der Waals surface area contributed by atoms with Gasteiger partial charge in [0, 0.05) is 19.2 Å². The highest BCUT2D eigenvalue weighted by Gasteiger charge is 2.20. The Morgan fingerprint density at radius 2 is 2.38 bits per heavy atom. The van der Waals surface area contributed by atoms with Gasteiger partial charge in [0.1, 0.15) is 6.10 Å². The smallest absolute Gasteiger partial charge is 0.327 e. The Kier molecular flexibility index (Phi) is 2.15. The minimum absolute atomic E-state index is 0.127. The second-order valence-electron chi connectivity index (χ2n) is 2.75. The normalized spacial score (nSPS) is 16.6. The van der Waals surface area contributed by atoms with E-state index in [1.165, 1.54) is 6.07 Å². The number of rotatable bonds is 3. The van der Waals surface area contributed by atoms with Gasteiger partial charge in [-0.3, -0.25) is 10.1 Å². The predicted octanol–water partition coefficient (Wildman–Crippen LogP) is 1.01. The Bertz CT molecular complexity index is 321. The third-order valence-electron chi connectivity index (χ3n) is 1.77. The summed E-state index contributed by atoms with van der Waals surface area (Å²) in [7, 11) is 0. The van der Waals surface area contributed by atoms with Crippen LogP contribution in [-0.4, -0.2) is 24.1 Å². The lowest BCUT2D eigenvalue weighted by Crippen LogP contribution is -2.50. The number of nitrogens with zero attached hydrogens (tertiary/aromatic N) is 1. The molecule has 0 aromatic carbocycles. The molecule has 0 aliphatic carbocycles. The van der Waals surface area contributed by atoms with Crippen molar-refractivity contribution in [3.63, 3.8) is 0 Å². The second-order valence-corrected chi connectivity index (χ2v) is 3.77. The monoisotopic (exact) mass is 200 g/mol. The van der Waals surface area contributed by atoms with E-state index < -0.39 is 4.92 Å².